The summed E-state index contributed by atoms with van der Waals surface area (Å²) in [5.41, 5.74) is 0. The normalized spacial score (nSPS) is 10.3. The SMILES string of the molecule is CCOC(CN(CC#N)CC#N)OCC. The van der Waals surface area contributed by atoms with Gasteiger partial charge in [-0.15, -0.1) is 0 Å². The molecule has 0 spiro atoms. The predicted octanol–water partition coefficient (Wildman–Crippen LogP) is 0.735. The van der Waals surface area contributed by atoms with E-state index in [9.17, 15) is 0 Å². The van der Waals surface area contributed by atoms with Crippen LogP contribution >= 0.6 is 0 Å². The number of hydrogen-bond donors (Lipinski definition) is 0. The van der Waals surface area contributed by atoms with E-state index in [1.165, 1.54) is 0 Å². The van der Waals surface area contributed by atoms with Crippen molar-refractivity contribution in [2.45, 2.75) is 20.1 Å². The van der Waals surface area contributed by atoms with Crippen molar-refractivity contribution >= 4 is 0 Å². The van der Waals surface area contributed by atoms with Crippen LogP contribution in [0, 0.1) is 22.7 Å². The molecule has 0 aromatic heterocycles. The molecule has 0 aliphatic rings. The van der Waals surface area contributed by atoms with Crippen molar-refractivity contribution in [2.75, 3.05) is 32.8 Å². The topological polar surface area (TPSA) is 69.3 Å². The molecule has 0 aromatic rings. The standard InChI is InChI=1S/C10H17N3O2/c1-3-14-10(15-4-2)9-13(7-5-11)8-6-12/h10H,3-4,7-9H2,1-2H3. The molecule has 5 heteroatoms. The lowest BCUT2D eigenvalue weighted by molar-refractivity contribution is -0.145. The van der Waals surface area contributed by atoms with Crippen molar-refractivity contribution in [1.82, 2.24) is 4.90 Å². The van der Waals surface area contributed by atoms with E-state index < -0.39 is 0 Å². The Labute approximate surface area is 90.8 Å². The highest BCUT2D eigenvalue weighted by molar-refractivity contribution is 4.84. The summed E-state index contributed by atoms with van der Waals surface area (Å²) in [5.74, 6) is 0. The van der Waals surface area contributed by atoms with Crippen molar-refractivity contribution in [2.24, 2.45) is 0 Å². The van der Waals surface area contributed by atoms with E-state index in [0.29, 0.717) is 19.8 Å². The van der Waals surface area contributed by atoms with Gasteiger partial charge < -0.3 is 9.47 Å². The molecule has 0 rings (SSSR count). The summed E-state index contributed by atoms with van der Waals surface area (Å²) < 4.78 is 10.6. The van der Waals surface area contributed by atoms with Gasteiger partial charge in [0.25, 0.3) is 0 Å². The van der Waals surface area contributed by atoms with Crippen LogP contribution in [0.5, 0.6) is 0 Å². The Kier molecular flexibility index (Phi) is 8.70. The first-order chi connectivity index (χ1) is 7.28. The van der Waals surface area contributed by atoms with Crippen molar-refractivity contribution in [3.63, 3.8) is 0 Å². The lowest BCUT2D eigenvalue weighted by Gasteiger charge is -2.23. The second-order valence-electron chi connectivity index (χ2n) is 2.83. The van der Waals surface area contributed by atoms with Gasteiger partial charge in [0.05, 0.1) is 31.8 Å². The monoisotopic (exact) mass is 211 g/mol. The second kappa shape index (κ2) is 9.42. The van der Waals surface area contributed by atoms with Crippen LogP contribution in [0.3, 0.4) is 0 Å². The molecule has 0 N–H and O–H groups in total. The molecule has 0 fully saturated rings. The summed E-state index contributed by atoms with van der Waals surface area (Å²) in [6, 6.07) is 4.01. The minimum absolute atomic E-state index is 0.213. The van der Waals surface area contributed by atoms with Gasteiger partial charge in [-0.3, -0.25) is 4.90 Å². The zero-order valence-electron chi connectivity index (χ0n) is 9.27. The summed E-state index contributed by atoms with van der Waals surface area (Å²) in [5, 5.41) is 17.1. The van der Waals surface area contributed by atoms with E-state index in [1.54, 1.807) is 4.90 Å². The second-order valence-corrected chi connectivity index (χ2v) is 2.83. The summed E-state index contributed by atoms with van der Waals surface area (Å²) in [4.78, 5) is 1.69. The minimum Gasteiger partial charge on any atom is -0.352 e. The third-order valence-corrected chi connectivity index (χ3v) is 1.70. The van der Waals surface area contributed by atoms with E-state index in [4.69, 9.17) is 20.0 Å². The van der Waals surface area contributed by atoms with Gasteiger partial charge in [-0.2, -0.15) is 10.5 Å². The highest BCUT2D eigenvalue weighted by Gasteiger charge is 2.13. The van der Waals surface area contributed by atoms with Crippen molar-refractivity contribution in [1.29, 1.82) is 10.5 Å². The Morgan fingerprint density at radius 1 is 1.07 bits per heavy atom. The molecule has 0 amide bonds. The van der Waals surface area contributed by atoms with Crippen LogP contribution in [0.1, 0.15) is 13.8 Å². The molecule has 0 saturated carbocycles. The number of ether oxygens (including phenoxy) is 2. The van der Waals surface area contributed by atoms with Gasteiger partial charge in [-0.05, 0) is 13.8 Å². The molecule has 0 saturated heterocycles. The van der Waals surface area contributed by atoms with Crippen LogP contribution in [0.4, 0.5) is 0 Å². The minimum atomic E-state index is -0.360. The van der Waals surface area contributed by atoms with Gasteiger partial charge >= 0.3 is 0 Å². The highest BCUT2D eigenvalue weighted by atomic mass is 16.7. The van der Waals surface area contributed by atoms with Gasteiger partial charge in [0.2, 0.25) is 0 Å². The molecule has 0 heterocycles. The molecule has 84 valence electrons. The third-order valence-electron chi connectivity index (χ3n) is 1.70. The van der Waals surface area contributed by atoms with E-state index in [-0.39, 0.29) is 19.4 Å². The maximum atomic E-state index is 8.55. The van der Waals surface area contributed by atoms with Crippen molar-refractivity contribution in [3.05, 3.63) is 0 Å². The van der Waals surface area contributed by atoms with Crippen LogP contribution in [0.25, 0.3) is 0 Å². The van der Waals surface area contributed by atoms with Crippen LogP contribution in [0.15, 0.2) is 0 Å². The first-order valence-corrected chi connectivity index (χ1v) is 4.97. The lowest BCUT2D eigenvalue weighted by atomic mass is 10.4. The Balaban J connectivity index is 4.08. The van der Waals surface area contributed by atoms with Gasteiger partial charge in [0.15, 0.2) is 6.29 Å². The van der Waals surface area contributed by atoms with E-state index >= 15 is 0 Å². The number of nitriles is 2. The van der Waals surface area contributed by atoms with E-state index in [0.717, 1.165) is 0 Å². The average Bonchev–Trinajstić information content (AvgIpc) is 2.19. The van der Waals surface area contributed by atoms with Crippen LogP contribution in [-0.2, 0) is 9.47 Å². The maximum Gasteiger partial charge on any atom is 0.170 e. The summed E-state index contributed by atoms with van der Waals surface area (Å²) >= 11 is 0. The van der Waals surface area contributed by atoms with Gasteiger partial charge in [-0.25, -0.2) is 0 Å². The quantitative estimate of drug-likeness (QED) is 0.437. The van der Waals surface area contributed by atoms with Crippen LogP contribution in [-0.4, -0.2) is 44.0 Å². The van der Waals surface area contributed by atoms with Crippen molar-refractivity contribution in [3.8, 4) is 12.1 Å². The molecule has 0 aromatic carbocycles. The molecule has 15 heavy (non-hydrogen) atoms. The largest absolute Gasteiger partial charge is 0.352 e. The Morgan fingerprint density at radius 3 is 1.87 bits per heavy atom. The molecule has 0 unspecified atom stereocenters. The molecule has 0 atom stereocenters. The first-order valence-electron chi connectivity index (χ1n) is 4.97. The number of nitrogens with zero attached hydrogens (tertiary/aromatic N) is 3. The van der Waals surface area contributed by atoms with Gasteiger partial charge in [0, 0.05) is 13.2 Å². The Morgan fingerprint density at radius 2 is 1.53 bits per heavy atom. The zero-order chi connectivity index (χ0) is 11.5. The summed E-state index contributed by atoms with van der Waals surface area (Å²) in [6.45, 7) is 5.74. The summed E-state index contributed by atoms with van der Waals surface area (Å²) in [6.07, 6.45) is -0.360. The lowest BCUT2D eigenvalue weighted by Crippen LogP contribution is -2.36. The Hall–Kier alpha value is -1.14. The molecular formula is C10H17N3O2. The fraction of sp³-hybridized carbons (Fsp3) is 0.800. The molecular weight excluding hydrogens is 194 g/mol. The molecule has 0 aliphatic heterocycles. The van der Waals surface area contributed by atoms with E-state index in [1.807, 2.05) is 26.0 Å². The predicted molar refractivity (Wildman–Crippen MR) is 54.7 cm³/mol. The maximum absolute atomic E-state index is 8.55. The molecule has 5 nitrogen and oxygen atoms in total. The zero-order valence-corrected chi connectivity index (χ0v) is 9.27. The number of rotatable bonds is 8. The number of hydrogen-bond acceptors (Lipinski definition) is 5. The van der Waals surface area contributed by atoms with Crippen LogP contribution < -0.4 is 0 Å². The fourth-order valence-electron chi connectivity index (χ4n) is 1.12. The fourth-order valence-corrected chi connectivity index (χ4v) is 1.12. The highest BCUT2D eigenvalue weighted by Crippen LogP contribution is 1.99. The third kappa shape index (κ3) is 6.87. The molecule has 0 aliphatic carbocycles. The van der Waals surface area contributed by atoms with Gasteiger partial charge in [0.1, 0.15) is 0 Å². The smallest absolute Gasteiger partial charge is 0.170 e. The molecule has 0 radical (unpaired) electrons. The summed E-state index contributed by atoms with van der Waals surface area (Å²) in [7, 11) is 0. The average molecular weight is 211 g/mol. The van der Waals surface area contributed by atoms with Gasteiger partial charge in [-0.1, -0.05) is 0 Å². The van der Waals surface area contributed by atoms with E-state index in [2.05, 4.69) is 0 Å². The molecule has 0 bridgehead atoms. The van der Waals surface area contributed by atoms with Crippen molar-refractivity contribution < 1.29 is 9.47 Å². The first kappa shape index (κ1) is 13.9. The van der Waals surface area contributed by atoms with Crippen LogP contribution in [0.2, 0.25) is 0 Å². The Bertz CT molecular complexity index is 210.